The second kappa shape index (κ2) is 2.77. The predicted molar refractivity (Wildman–Crippen MR) is 46.0 cm³/mol. The van der Waals surface area contributed by atoms with Crippen LogP contribution in [0.25, 0.3) is 0 Å². The number of rotatable bonds is 2. The number of hydrogen-bond donors (Lipinski definition) is 0. The van der Waals surface area contributed by atoms with Gasteiger partial charge in [0, 0.05) is 0 Å². The van der Waals surface area contributed by atoms with Gasteiger partial charge in [0.05, 0.1) is 0 Å². The molecule has 0 heterocycles. The highest BCUT2D eigenvalue weighted by Gasteiger charge is 2.26. The first kappa shape index (κ1) is 7.84. The largest absolute Gasteiger partial charge is 0.0850 e. The van der Waals surface area contributed by atoms with Crippen molar-refractivity contribution in [1.29, 1.82) is 0 Å². The summed E-state index contributed by atoms with van der Waals surface area (Å²) in [6, 6.07) is 0. The summed E-state index contributed by atoms with van der Waals surface area (Å²) in [5.74, 6) is 0. The number of allylic oxidation sites excluding steroid dienone is 2. The zero-order valence-electron chi connectivity index (χ0n) is 7.41. The first-order chi connectivity index (χ1) is 4.66. The summed E-state index contributed by atoms with van der Waals surface area (Å²) in [5.41, 5.74) is 2.22. The molecule has 0 aliphatic heterocycles. The van der Waals surface area contributed by atoms with Crippen LogP contribution in [0.2, 0.25) is 0 Å². The SMILES string of the molecule is CCCC1(C)CC=C(C)C1. The quantitative estimate of drug-likeness (QED) is 0.512. The Balaban J connectivity index is 2.44. The predicted octanol–water partition coefficient (Wildman–Crippen LogP) is 3.53. The van der Waals surface area contributed by atoms with Crippen molar-refractivity contribution < 1.29 is 0 Å². The Hall–Kier alpha value is -0.260. The molecule has 0 spiro atoms. The highest BCUT2D eigenvalue weighted by molar-refractivity contribution is 5.11. The second-order valence-electron chi connectivity index (χ2n) is 3.99. The van der Waals surface area contributed by atoms with Crippen LogP contribution in [0.1, 0.15) is 46.5 Å². The fraction of sp³-hybridized carbons (Fsp3) is 0.800. The van der Waals surface area contributed by atoms with E-state index < -0.39 is 0 Å². The molecule has 0 aromatic rings. The highest BCUT2D eigenvalue weighted by atomic mass is 14.3. The van der Waals surface area contributed by atoms with Gasteiger partial charge in [0.15, 0.2) is 0 Å². The van der Waals surface area contributed by atoms with Crippen LogP contribution in [0.4, 0.5) is 0 Å². The van der Waals surface area contributed by atoms with Gasteiger partial charge in [0.2, 0.25) is 0 Å². The molecule has 0 saturated carbocycles. The molecule has 0 nitrogen and oxygen atoms in total. The van der Waals surface area contributed by atoms with Crippen LogP contribution >= 0.6 is 0 Å². The molecule has 0 aromatic heterocycles. The standard InChI is InChI=1S/C10H18/c1-4-6-10(3)7-5-9(2)8-10/h5H,4,6-8H2,1-3H3. The van der Waals surface area contributed by atoms with Crippen molar-refractivity contribution in [3.8, 4) is 0 Å². The van der Waals surface area contributed by atoms with E-state index in [0.29, 0.717) is 5.41 Å². The molecule has 0 aromatic carbocycles. The Morgan fingerprint density at radius 2 is 2.30 bits per heavy atom. The Bertz CT molecular complexity index is 144. The molecule has 1 unspecified atom stereocenters. The zero-order chi connectivity index (χ0) is 7.61. The van der Waals surface area contributed by atoms with E-state index in [0.717, 1.165) is 0 Å². The van der Waals surface area contributed by atoms with Crippen molar-refractivity contribution in [2.75, 3.05) is 0 Å². The molecule has 0 radical (unpaired) electrons. The van der Waals surface area contributed by atoms with Crippen LogP contribution in [-0.2, 0) is 0 Å². The van der Waals surface area contributed by atoms with Crippen LogP contribution in [-0.4, -0.2) is 0 Å². The summed E-state index contributed by atoms with van der Waals surface area (Å²) in [6.07, 6.45) is 7.77. The molecule has 0 N–H and O–H groups in total. The molecule has 0 amide bonds. The summed E-state index contributed by atoms with van der Waals surface area (Å²) in [4.78, 5) is 0. The molecular weight excluding hydrogens is 120 g/mol. The summed E-state index contributed by atoms with van der Waals surface area (Å²) >= 11 is 0. The van der Waals surface area contributed by atoms with Crippen molar-refractivity contribution in [1.82, 2.24) is 0 Å². The lowest BCUT2D eigenvalue weighted by atomic mass is 9.82. The van der Waals surface area contributed by atoms with Crippen molar-refractivity contribution >= 4 is 0 Å². The van der Waals surface area contributed by atoms with E-state index in [2.05, 4.69) is 26.8 Å². The molecule has 1 rings (SSSR count). The van der Waals surface area contributed by atoms with E-state index in [-0.39, 0.29) is 0 Å². The molecule has 0 saturated heterocycles. The second-order valence-corrected chi connectivity index (χ2v) is 3.99. The zero-order valence-corrected chi connectivity index (χ0v) is 7.41. The van der Waals surface area contributed by atoms with E-state index in [9.17, 15) is 0 Å². The van der Waals surface area contributed by atoms with Gasteiger partial charge in [-0.15, -0.1) is 0 Å². The van der Waals surface area contributed by atoms with Gasteiger partial charge in [0.25, 0.3) is 0 Å². The van der Waals surface area contributed by atoms with E-state index in [1.165, 1.54) is 25.7 Å². The normalized spacial score (nSPS) is 32.5. The van der Waals surface area contributed by atoms with Gasteiger partial charge >= 0.3 is 0 Å². The minimum absolute atomic E-state index is 0.624. The Morgan fingerprint density at radius 1 is 1.60 bits per heavy atom. The molecule has 58 valence electrons. The fourth-order valence-corrected chi connectivity index (χ4v) is 2.03. The molecule has 1 aliphatic rings. The molecule has 0 heteroatoms. The summed E-state index contributed by atoms with van der Waals surface area (Å²) in [5, 5.41) is 0. The molecular formula is C10H18. The Kier molecular flexibility index (Phi) is 2.18. The monoisotopic (exact) mass is 138 g/mol. The summed E-state index contributed by atoms with van der Waals surface area (Å²) in [7, 11) is 0. The smallest absolute Gasteiger partial charge is 0.0254 e. The van der Waals surface area contributed by atoms with Gasteiger partial charge in [-0.1, -0.05) is 31.9 Å². The maximum absolute atomic E-state index is 2.41. The lowest BCUT2D eigenvalue weighted by Crippen LogP contribution is -2.10. The average molecular weight is 138 g/mol. The van der Waals surface area contributed by atoms with Crippen LogP contribution in [0, 0.1) is 5.41 Å². The highest BCUT2D eigenvalue weighted by Crippen LogP contribution is 2.40. The fourth-order valence-electron chi connectivity index (χ4n) is 2.03. The Morgan fingerprint density at radius 3 is 2.70 bits per heavy atom. The molecule has 0 fully saturated rings. The average Bonchev–Trinajstić information content (AvgIpc) is 2.12. The van der Waals surface area contributed by atoms with Crippen molar-refractivity contribution in [2.24, 2.45) is 5.41 Å². The first-order valence-electron chi connectivity index (χ1n) is 4.32. The van der Waals surface area contributed by atoms with Crippen LogP contribution < -0.4 is 0 Å². The van der Waals surface area contributed by atoms with Crippen molar-refractivity contribution in [3.05, 3.63) is 11.6 Å². The lowest BCUT2D eigenvalue weighted by Gasteiger charge is -2.22. The number of hydrogen-bond acceptors (Lipinski definition) is 0. The topological polar surface area (TPSA) is 0 Å². The first-order valence-corrected chi connectivity index (χ1v) is 4.32. The van der Waals surface area contributed by atoms with E-state index >= 15 is 0 Å². The van der Waals surface area contributed by atoms with E-state index in [1.807, 2.05) is 0 Å². The molecule has 1 aliphatic carbocycles. The van der Waals surface area contributed by atoms with Crippen molar-refractivity contribution in [2.45, 2.75) is 46.5 Å². The van der Waals surface area contributed by atoms with Crippen LogP contribution in [0.3, 0.4) is 0 Å². The molecule has 1 atom stereocenters. The van der Waals surface area contributed by atoms with Gasteiger partial charge in [-0.2, -0.15) is 0 Å². The van der Waals surface area contributed by atoms with Crippen molar-refractivity contribution in [3.63, 3.8) is 0 Å². The van der Waals surface area contributed by atoms with Gasteiger partial charge in [-0.05, 0) is 31.6 Å². The lowest BCUT2D eigenvalue weighted by molar-refractivity contribution is 0.314. The third-order valence-corrected chi connectivity index (χ3v) is 2.50. The maximum atomic E-state index is 2.41. The molecule has 0 bridgehead atoms. The minimum Gasteiger partial charge on any atom is -0.0850 e. The minimum atomic E-state index is 0.624. The molecule has 10 heavy (non-hydrogen) atoms. The van der Waals surface area contributed by atoms with Gasteiger partial charge in [0.1, 0.15) is 0 Å². The van der Waals surface area contributed by atoms with Gasteiger partial charge < -0.3 is 0 Å². The van der Waals surface area contributed by atoms with Gasteiger partial charge in [-0.25, -0.2) is 0 Å². The maximum Gasteiger partial charge on any atom is -0.0254 e. The third-order valence-electron chi connectivity index (χ3n) is 2.50. The van der Waals surface area contributed by atoms with Crippen LogP contribution in [0.15, 0.2) is 11.6 Å². The summed E-state index contributed by atoms with van der Waals surface area (Å²) in [6.45, 7) is 6.93. The summed E-state index contributed by atoms with van der Waals surface area (Å²) < 4.78 is 0. The van der Waals surface area contributed by atoms with Gasteiger partial charge in [-0.3, -0.25) is 0 Å². The van der Waals surface area contributed by atoms with Crippen LogP contribution in [0.5, 0.6) is 0 Å². The van der Waals surface area contributed by atoms with E-state index in [1.54, 1.807) is 5.57 Å². The van der Waals surface area contributed by atoms with E-state index in [4.69, 9.17) is 0 Å². The Labute approximate surface area is 64.3 Å². The third kappa shape index (κ3) is 1.62.